The van der Waals surface area contributed by atoms with Crippen molar-refractivity contribution < 1.29 is 4.74 Å². The lowest BCUT2D eigenvalue weighted by atomic mass is 10.1. The fourth-order valence-electron chi connectivity index (χ4n) is 3.31. The Hall–Kier alpha value is -4.13. The normalized spacial score (nSPS) is 11.2. The third-order valence-corrected chi connectivity index (χ3v) is 5.13. The van der Waals surface area contributed by atoms with Crippen LogP contribution in [0.25, 0.3) is 5.69 Å². The molecular formula is C26H28N6O. The number of aromatic nitrogens is 3. The first-order valence-electron chi connectivity index (χ1n) is 11.0. The summed E-state index contributed by atoms with van der Waals surface area (Å²) in [5.41, 5.74) is 4.38. The van der Waals surface area contributed by atoms with E-state index in [2.05, 4.69) is 62.1 Å². The zero-order chi connectivity index (χ0) is 22.7. The molecule has 0 radical (unpaired) electrons. The van der Waals surface area contributed by atoms with Gasteiger partial charge in [0.05, 0.1) is 11.4 Å². The van der Waals surface area contributed by atoms with Crippen molar-refractivity contribution in [1.29, 1.82) is 0 Å². The molecule has 0 spiro atoms. The molecule has 4 aromatic rings. The van der Waals surface area contributed by atoms with Crippen LogP contribution in [0.4, 0.5) is 0 Å². The molecule has 0 fully saturated rings. The van der Waals surface area contributed by atoms with Crippen LogP contribution in [-0.4, -0.2) is 34.3 Å². The summed E-state index contributed by atoms with van der Waals surface area (Å²) in [7, 11) is 1.78. The Bertz CT molecular complexity index is 1120. The lowest BCUT2D eigenvalue weighted by Crippen LogP contribution is -2.37. The standard InChI is InChI=1S/C26H28N6O/c1-27-26(29-17-14-21-6-10-24(11-7-21)32-18-4-16-31-32)30-19-22-8-12-25(13-9-22)33-20-23-5-2-3-15-28-23/h2-13,15-16,18H,14,17,19-20H2,1H3,(H2,27,29,30). The zero-order valence-electron chi connectivity index (χ0n) is 18.7. The first-order chi connectivity index (χ1) is 16.3. The molecular weight excluding hydrogens is 412 g/mol. The van der Waals surface area contributed by atoms with Gasteiger partial charge in [0.1, 0.15) is 12.4 Å². The summed E-state index contributed by atoms with van der Waals surface area (Å²) in [6, 6.07) is 24.2. The lowest BCUT2D eigenvalue weighted by molar-refractivity contribution is 0.301. The van der Waals surface area contributed by atoms with E-state index in [0.717, 1.165) is 41.6 Å². The molecule has 0 bridgehead atoms. The molecule has 0 saturated heterocycles. The third-order valence-electron chi connectivity index (χ3n) is 5.13. The summed E-state index contributed by atoms with van der Waals surface area (Å²) in [5, 5.41) is 11.0. The Labute approximate surface area is 194 Å². The Morgan fingerprint density at radius 1 is 0.909 bits per heavy atom. The maximum atomic E-state index is 5.79. The number of guanidine groups is 1. The van der Waals surface area contributed by atoms with Gasteiger partial charge in [0, 0.05) is 38.7 Å². The fourth-order valence-corrected chi connectivity index (χ4v) is 3.31. The van der Waals surface area contributed by atoms with Crippen LogP contribution in [0.2, 0.25) is 0 Å². The van der Waals surface area contributed by atoms with Crippen molar-refractivity contribution in [1.82, 2.24) is 25.4 Å². The SMILES string of the molecule is CN=C(NCCc1ccc(-n2cccn2)cc1)NCc1ccc(OCc2ccccn2)cc1. The van der Waals surface area contributed by atoms with Crippen molar-refractivity contribution in [3.63, 3.8) is 0 Å². The predicted octanol–water partition coefficient (Wildman–Crippen LogP) is 3.75. The molecule has 2 aromatic heterocycles. The number of nitrogens with one attached hydrogen (secondary N) is 2. The van der Waals surface area contributed by atoms with E-state index in [1.807, 2.05) is 47.3 Å². The van der Waals surface area contributed by atoms with Crippen molar-refractivity contribution >= 4 is 5.96 Å². The second-order valence-corrected chi connectivity index (χ2v) is 7.47. The second kappa shape index (κ2) is 11.5. The number of ether oxygens (including phenoxy) is 1. The van der Waals surface area contributed by atoms with Crippen LogP contribution in [0.3, 0.4) is 0 Å². The van der Waals surface area contributed by atoms with Gasteiger partial charge in [0.25, 0.3) is 0 Å². The molecule has 33 heavy (non-hydrogen) atoms. The average molecular weight is 441 g/mol. The fraction of sp³-hybridized carbons (Fsp3) is 0.192. The summed E-state index contributed by atoms with van der Waals surface area (Å²) >= 11 is 0. The first-order valence-corrected chi connectivity index (χ1v) is 11.0. The molecule has 4 rings (SSSR count). The van der Waals surface area contributed by atoms with Gasteiger partial charge in [0.2, 0.25) is 0 Å². The molecule has 2 N–H and O–H groups in total. The molecule has 7 nitrogen and oxygen atoms in total. The van der Waals surface area contributed by atoms with Crippen molar-refractivity contribution in [2.75, 3.05) is 13.6 Å². The highest BCUT2D eigenvalue weighted by Crippen LogP contribution is 2.14. The molecule has 2 aromatic carbocycles. The van der Waals surface area contributed by atoms with E-state index in [0.29, 0.717) is 13.2 Å². The highest BCUT2D eigenvalue weighted by Gasteiger charge is 2.02. The highest BCUT2D eigenvalue weighted by molar-refractivity contribution is 5.79. The van der Waals surface area contributed by atoms with Gasteiger partial charge in [-0.15, -0.1) is 0 Å². The molecule has 0 atom stereocenters. The van der Waals surface area contributed by atoms with Crippen molar-refractivity contribution in [3.8, 4) is 11.4 Å². The Balaban J connectivity index is 1.18. The number of hydrogen-bond acceptors (Lipinski definition) is 4. The number of aliphatic imine (C=N–C) groups is 1. The maximum Gasteiger partial charge on any atom is 0.191 e. The summed E-state index contributed by atoms with van der Waals surface area (Å²) in [5.74, 6) is 1.60. The summed E-state index contributed by atoms with van der Waals surface area (Å²) in [4.78, 5) is 8.58. The van der Waals surface area contributed by atoms with Gasteiger partial charge in [-0.25, -0.2) is 4.68 Å². The third kappa shape index (κ3) is 6.67. The highest BCUT2D eigenvalue weighted by atomic mass is 16.5. The second-order valence-electron chi connectivity index (χ2n) is 7.47. The Kier molecular flexibility index (Phi) is 7.68. The van der Waals surface area contributed by atoms with Gasteiger partial charge in [0.15, 0.2) is 5.96 Å². The largest absolute Gasteiger partial charge is 0.487 e. The predicted molar refractivity (Wildman–Crippen MR) is 130 cm³/mol. The number of pyridine rings is 1. The van der Waals surface area contributed by atoms with Crippen LogP contribution in [0.15, 0.2) is 96.4 Å². The molecule has 0 aliphatic carbocycles. The van der Waals surface area contributed by atoms with E-state index >= 15 is 0 Å². The monoisotopic (exact) mass is 440 g/mol. The van der Waals surface area contributed by atoms with E-state index in [4.69, 9.17) is 4.74 Å². The van der Waals surface area contributed by atoms with E-state index in [1.54, 1.807) is 19.4 Å². The number of benzene rings is 2. The van der Waals surface area contributed by atoms with E-state index in [1.165, 1.54) is 5.56 Å². The molecule has 0 unspecified atom stereocenters. The van der Waals surface area contributed by atoms with Gasteiger partial charge in [-0.2, -0.15) is 5.10 Å². The van der Waals surface area contributed by atoms with Crippen LogP contribution < -0.4 is 15.4 Å². The van der Waals surface area contributed by atoms with Gasteiger partial charge >= 0.3 is 0 Å². The van der Waals surface area contributed by atoms with Gasteiger partial charge < -0.3 is 15.4 Å². The molecule has 168 valence electrons. The molecule has 0 saturated carbocycles. The molecule has 0 aliphatic rings. The van der Waals surface area contributed by atoms with Gasteiger partial charge in [-0.3, -0.25) is 9.98 Å². The molecule has 7 heteroatoms. The van der Waals surface area contributed by atoms with Gasteiger partial charge in [-0.1, -0.05) is 30.3 Å². The molecule has 2 heterocycles. The Morgan fingerprint density at radius 2 is 1.73 bits per heavy atom. The lowest BCUT2D eigenvalue weighted by Gasteiger charge is -2.13. The molecule has 0 aliphatic heterocycles. The summed E-state index contributed by atoms with van der Waals surface area (Å²) in [6.45, 7) is 1.93. The van der Waals surface area contributed by atoms with Crippen LogP contribution in [0.5, 0.6) is 5.75 Å². The van der Waals surface area contributed by atoms with E-state index in [-0.39, 0.29) is 0 Å². The minimum absolute atomic E-state index is 0.459. The quantitative estimate of drug-likeness (QED) is 0.306. The maximum absolute atomic E-state index is 5.79. The Morgan fingerprint density at radius 3 is 2.42 bits per heavy atom. The minimum atomic E-state index is 0.459. The van der Waals surface area contributed by atoms with E-state index in [9.17, 15) is 0 Å². The zero-order valence-corrected chi connectivity index (χ0v) is 18.7. The molecule has 0 amide bonds. The topological polar surface area (TPSA) is 76.4 Å². The van der Waals surface area contributed by atoms with Crippen molar-refractivity contribution in [3.05, 3.63) is 108 Å². The van der Waals surface area contributed by atoms with Crippen LogP contribution in [0, 0.1) is 0 Å². The van der Waals surface area contributed by atoms with Crippen LogP contribution in [0.1, 0.15) is 16.8 Å². The van der Waals surface area contributed by atoms with Crippen LogP contribution >= 0.6 is 0 Å². The average Bonchev–Trinajstić information content (AvgIpc) is 3.42. The van der Waals surface area contributed by atoms with Crippen LogP contribution in [-0.2, 0) is 19.6 Å². The minimum Gasteiger partial charge on any atom is -0.487 e. The summed E-state index contributed by atoms with van der Waals surface area (Å²) < 4.78 is 7.65. The number of nitrogens with zero attached hydrogens (tertiary/aromatic N) is 4. The number of hydrogen-bond donors (Lipinski definition) is 2. The van der Waals surface area contributed by atoms with Crippen molar-refractivity contribution in [2.45, 2.75) is 19.6 Å². The summed E-state index contributed by atoms with van der Waals surface area (Å²) in [6.07, 6.45) is 6.40. The van der Waals surface area contributed by atoms with Gasteiger partial charge in [-0.05, 0) is 60.0 Å². The smallest absolute Gasteiger partial charge is 0.191 e. The number of rotatable bonds is 9. The first kappa shape index (κ1) is 22.1. The van der Waals surface area contributed by atoms with E-state index < -0.39 is 0 Å². The van der Waals surface area contributed by atoms with Crippen molar-refractivity contribution in [2.24, 2.45) is 4.99 Å².